The van der Waals surface area contributed by atoms with Gasteiger partial charge in [0, 0.05) is 29.8 Å². The van der Waals surface area contributed by atoms with Crippen LogP contribution in [0.4, 0.5) is 5.13 Å². The van der Waals surface area contributed by atoms with Gasteiger partial charge >= 0.3 is 0 Å². The van der Waals surface area contributed by atoms with Crippen LogP contribution in [0.5, 0.6) is 0 Å². The molecule has 0 saturated carbocycles. The van der Waals surface area contributed by atoms with E-state index in [4.69, 9.17) is 0 Å². The average molecular weight is 311 g/mol. The van der Waals surface area contributed by atoms with Gasteiger partial charge in [-0.15, -0.1) is 11.3 Å². The zero-order chi connectivity index (χ0) is 15.4. The fraction of sp³-hybridized carbons (Fsp3) is 0.0625. The van der Waals surface area contributed by atoms with Gasteiger partial charge in [0.05, 0.1) is 5.56 Å². The van der Waals surface area contributed by atoms with Gasteiger partial charge in [-0.3, -0.25) is 14.9 Å². The predicted octanol–water partition coefficient (Wildman–Crippen LogP) is 2.67. The second kappa shape index (κ2) is 6.36. The summed E-state index contributed by atoms with van der Waals surface area (Å²) in [6.45, 7) is 0. The third kappa shape index (κ3) is 3.48. The molecule has 0 radical (unpaired) electrons. The summed E-state index contributed by atoms with van der Waals surface area (Å²) < 4.78 is 0. The number of H-pyrrole nitrogens is 1. The Balaban J connectivity index is 1.67. The zero-order valence-electron chi connectivity index (χ0n) is 11.6. The molecule has 2 aromatic heterocycles. The van der Waals surface area contributed by atoms with Crippen molar-refractivity contribution in [1.82, 2.24) is 9.97 Å². The predicted molar refractivity (Wildman–Crippen MR) is 86.4 cm³/mol. The van der Waals surface area contributed by atoms with Gasteiger partial charge in [0.1, 0.15) is 0 Å². The molecule has 0 saturated heterocycles. The summed E-state index contributed by atoms with van der Waals surface area (Å²) >= 11 is 1.44. The van der Waals surface area contributed by atoms with Crippen LogP contribution in [-0.2, 0) is 6.42 Å². The molecule has 3 rings (SSSR count). The van der Waals surface area contributed by atoms with Crippen molar-refractivity contribution in [2.45, 2.75) is 6.42 Å². The number of nitrogens with one attached hydrogen (secondary N) is 2. The molecular weight excluding hydrogens is 298 g/mol. The third-order valence-corrected chi connectivity index (χ3v) is 3.95. The highest BCUT2D eigenvalue weighted by Gasteiger charge is 2.09. The second-order valence-corrected chi connectivity index (χ2v) is 5.81. The van der Waals surface area contributed by atoms with E-state index in [0.29, 0.717) is 10.7 Å². The van der Waals surface area contributed by atoms with Crippen LogP contribution in [0.3, 0.4) is 0 Å². The maximum Gasteiger partial charge on any atom is 0.258 e. The van der Waals surface area contributed by atoms with Crippen LogP contribution in [-0.4, -0.2) is 15.9 Å². The van der Waals surface area contributed by atoms with Crippen molar-refractivity contribution in [2.24, 2.45) is 0 Å². The Kier molecular flexibility index (Phi) is 4.11. The second-order valence-electron chi connectivity index (χ2n) is 4.69. The first-order chi connectivity index (χ1) is 10.7. The minimum atomic E-state index is -0.295. The van der Waals surface area contributed by atoms with Crippen LogP contribution >= 0.6 is 11.3 Å². The van der Waals surface area contributed by atoms with Crippen LogP contribution in [0.2, 0.25) is 0 Å². The molecule has 0 fully saturated rings. The lowest BCUT2D eigenvalue weighted by Crippen LogP contribution is -2.14. The van der Waals surface area contributed by atoms with Crippen molar-refractivity contribution in [3.8, 4) is 0 Å². The lowest BCUT2D eigenvalue weighted by molar-refractivity contribution is 0.102. The van der Waals surface area contributed by atoms with Crippen molar-refractivity contribution in [3.63, 3.8) is 0 Å². The van der Waals surface area contributed by atoms with E-state index in [1.165, 1.54) is 35.2 Å². The normalized spacial score (nSPS) is 10.4. The number of amides is 1. The van der Waals surface area contributed by atoms with Crippen molar-refractivity contribution < 1.29 is 4.79 Å². The van der Waals surface area contributed by atoms with E-state index in [9.17, 15) is 9.59 Å². The number of thiazole rings is 1. The molecule has 0 aliphatic heterocycles. The fourth-order valence-corrected chi connectivity index (χ4v) is 2.81. The molecule has 6 heteroatoms. The van der Waals surface area contributed by atoms with E-state index in [1.807, 2.05) is 18.2 Å². The Morgan fingerprint density at radius 1 is 1.18 bits per heavy atom. The molecule has 0 bridgehead atoms. The maximum absolute atomic E-state index is 12.0. The summed E-state index contributed by atoms with van der Waals surface area (Å²) in [7, 11) is 0. The van der Waals surface area contributed by atoms with Gasteiger partial charge in [-0.1, -0.05) is 30.3 Å². The Bertz CT molecular complexity index is 819. The molecule has 1 amide bonds. The van der Waals surface area contributed by atoms with Gasteiger partial charge in [0.2, 0.25) is 5.56 Å². The molecule has 110 valence electrons. The molecule has 0 atom stereocenters. The van der Waals surface area contributed by atoms with Crippen molar-refractivity contribution in [3.05, 3.63) is 81.2 Å². The maximum atomic E-state index is 12.0. The number of nitrogens with zero attached hydrogens (tertiary/aromatic N) is 1. The molecule has 0 aliphatic carbocycles. The number of carbonyl (C=O) groups excluding carboxylic acids is 1. The first kappa shape index (κ1) is 14.2. The Labute approximate surface area is 130 Å². The first-order valence-electron chi connectivity index (χ1n) is 6.69. The topological polar surface area (TPSA) is 74.8 Å². The Morgan fingerprint density at radius 2 is 2.00 bits per heavy atom. The average Bonchev–Trinajstić information content (AvgIpc) is 2.96. The fourth-order valence-electron chi connectivity index (χ4n) is 1.97. The third-order valence-electron chi connectivity index (χ3n) is 3.04. The molecule has 1 aromatic carbocycles. The monoisotopic (exact) mass is 311 g/mol. The molecule has 22 heavy (non-hydrogen) atoms. The highest BCUT2D eigenvalue weighted by molar-refractivity contribution is 7.15. The van der Waals surface area contributed by atoms with Crippen molar-refractivity contribution >= 4 is 22.4 Å². The van der Waals surface area contributed by atoms with E-state index in [2.05, 4.69) is 27.4 Å². The van der Waals surface area contributed by atoms with Gasteiger partial charge < -0.3 is 4.98 Å². The molecule has 2 heterocycles. The quantitative estimate of drug-likeness (QED) is 0.778. The SMILES string of the molecule is O=C(Nc1ncc(Cc2ccccc2)s1)c1ccc(=O)[nH]c1. The van der Waals surface area contributed by atoms with E-state index in [0.717, 1.165) is 11.3 Å². The minimum Gasteiger partial charge on any atom is -0.328 e. The van der Waals surface area contributed by atoms with Crippen LogP contribution in [0.25, 0.3) is 0 Å². The van der Waals surface area contributed by atoms with Gasteiger partial charge in [0.25, 0.3) is 5.91 Å². The Morgan fingerprint density at radius 3 is 2.73 bits per heavy atom. The highest BCUT2D eigenvalue weighted by Crippen LogP contribution is 2.21. The number of pyridine rings is 1. The summed E-state index contributed by atoms with van der Waals surface area (Å²) in [4.78, 5) is 30.8. The van der Waals surface area contributed by atoms with E-state index >= 15 is 0 Å². The van der Waals surface area contributed by atoms with Gasteiger partial charge in [0.15, 0.2) is 5.13 Å². The van der Waals surface area contributed by atoms with Crippen LogP contribution in [0.1, 0.15) is 20.8 Å². The Hall–Kier alpha value is -2.73. The number of hydrogen-bond donors (Lipinski definition) is 2. The van der Waals surface area contributed by atoms with E-state index in [1.54, 1.807) is 6.20 Å². The molecule has 5 nitrogen and oxygen atoms in total. The highest BCUT2D eigenvalue weighted by atomic mass is 32.1. The van der Waals surface area contributed by atoms with Crippen molar-refractivity contribution in [2.75, 3.05) is 5.32 Å². The lowest BCUT2D eigenvalue weighted by Gasteiger charge is -2.00. The number of rotatable bonds is 4. The van der Waals surface area contributed by atoms with Gasteiger partial charge in [-0.2, -0.15) is 0 Å². The molecule has 0 aliphatic rings. The summed E-state index contributed by atoms with van der Waals surface area (Å²) in [5.74, 6) is -0.295. The number of carbonyl (C=O) groups is 1. The molecule has 0 spiro atoms. The van der Waals surface area contributed by atoms with Crippen LogP contribution in [0, 0.1) is 0 Å². The number of hydrogen-bond acceptors (Lipinski definition) is 4. The number of aromatic nitrogens is 2. The van der Waals surface area contributed by atoms with Gasteiger partial charge in [-0.25, -0.2) is 4.98 Å². The summed E-state index contributed by atoms with van der Waals surface area (Å²) in [6, 6.07) is 12.9. The number of anilines is 1. The summed E-state index contributed by atoms with van der Waals surface area (Å²) in [5, 5.41) is 3.27. The summed E-state index contributed by atoms with van der Waals surface area (Å²) in [6.07, 6.45) is 3.93. The summed E-state index contributed by atoms with van der Waals surface area (Å²) in [5.41, 5.74) is 1.35. The van der Waals surface area contributed by atoms with E-state index in [-0.39, 0.29) is 11.5 Å². The largest absolute Gasteiger partial charge is 0.328 e. The zero-order valence-corrected chi connectivity index (χ0v) is 12.4. The lowest BCUT2D eigenvalue weighted by atomic mass is 10.1. The molecule has 3 aromatic rings. The molecular formula is C16H13N3O2S. The molecule has 0 unspecified atom stereocenters. The number of benzene rings is 1. The van der Waals surface area contributed by atoms with Crippen molar-refractivity contribution in [1.29, 1.82) is 0 Å². The van der Waals surface area contributed by atoms with Gasteiger partial charge in [-0.05, 0) is 11.6 Å². The van der Waals surface area contributed by atoms with Crippen LogP contribution in [0.15, 0.2) is 59.7 Å². The smallest absolute Gasteiger partial charge is 0.258 e. The molecule has 2 N–H and O–H groups in total. The number of aromatic amines is 1. The van der Waals surface area contributed by atoms with Crippen LogP contribution < -0.4 is 10.9 Å². The minimum absolute atomic E-state index is 0.240. The standard InChI is InChI=1S/C16H13N3O2S/c20-14-7-6-12(9-17-14)15(21)19-16-18-10-13(22-16)8-11-4-2-1-3-5-11/h1-7,9-10H,8H2,(H,17,20)(H,18,19,21). The first-order valence-corrected chi connectivity index (χ1v) is 7.51. The van der Waals surface area contributed by atoms with E-state index < -0.39 is 0 Å².